The monoisotopic (exact) mass is 402 g/mol. The first kappa shape index (κ1) is 21.6. The molecule has 4 heteroatoms. The average molecular weight is 403 g/mol. The van der Waals surface area contributed by atoms with Crippen molar-refractivity contribution in [2.24, 2.45) is 0 Å². The fraction of sp³-hybridized carbons (Fsp3) is 0.308. The molecule has 156 valence electrons. The molecule has 1 heterocycles. The van der Waals surface area contributed by atoms with Gasteiger partial charge < -0.3 is 9.88 Å². The molecule has 0 atom stereocenters. The highest BCUT2D eigenvalue weighted by Crippen LogP contribution is 2.20. The van der Waals surface area contributed by atoms with E-state index in [1.807, 2.05) is 36.5 Å². The molecule has 0 fully saturated rings. The van der Waals surface area contributed by atoms with Gasteiger partial charge in [0.25, 0.3) is 11.5 Å². The molecule has 0 aliphatic carbocycles. The number of amides is 1. The van der Waals surface area contributed by atoms with Gasteiger partial charge in [-0.25, -0.2) is 0 Å². The minimum Gasteiger partial charge on any atom is -0.352 e. The highest BCUT2D eigenvalue weighted by molar-refractivity contribution is 5.95. The van der Waals surface area contributed by atoms with Gasteiger partial charge in [0.2, 0.25) is 0 Å². The Balaban J connectivity index is 1.85. The van der Waals surface area contributed by atoms with Gasteiger partial charge in [0.15, 0.2) is 0 Å². The average Bonchev–Trinajstić information content (AvgIpc) is 2.79. The summed E-state index contributed by atoms with van der Waals surface area (Å²) in [4.78, 5) is 25.8. The molecule has 0 unspecified atom stereocenters. The van der Waals surface area contributed by atoms with Gasteiger partial charge in [-0.2, -0.15) is 0 Å². The number of nitrogens with one attached hydrogen (secondary N) is 1. The van der Waals surface area contributed by atoms with Crippen LogP contribution in [0.3, 0.4) is 0 Å². The number of pyridine rings is 1. The molecule has 0 saturated heterocycles. The quantitative estimate of drug-likeness (QED) is 0.556. The number of nitrogens with zero attached hydrogens (tertiary/aromatic N) is 1. The van der Waals surface area contributed by atoms with E-state index in [1.54, 1.807) is 10.6 Å². The molecule has 3 rings (SSSR count). The second-order valence-electron chi connectivity index (χ2n) is 7.54. The molecule has 0 bridgehead atoms. The topological polar surface area (TPSA) is 51.1 Å². The third kappa shape index (κ3) is 5.47. The maximum Gasteiger partial charge on any atom is 0.263 e. The van der Waals surface area contributed by atoms with Crippen LogP contribution >= 0.6 is 0 Å². The molecule has 2 aromatic carbocycles. The number of aryl methyl sites for hydroxylation is 2. The molecule has 0 aliphatic heterocycles. The van der Waals surface area contributed by atoms with Crippen LogP contribution < -0.4 is 10.9 Å². The van der Waals surface area contributed by atoms with E-state index in [-0.39, 0.29) is 17.0 Å². The van der Waals surface area contributed by atoms with E-state index >= 15 is 0 Å². The molecule has 4 nitrogen and oxygen atoms in total. The third-order valence-electron chi connectivity index (χ3n) is 5.32. The maximum absolute atomic E-state index is 12.9. The third-order valence-corrected chi connectivity index (χ3v) is 5.32. The number of benzene rings is 2. The summed E-state index contributed by atoms with van der Waals surface area (Å²) in [5, 5.41) is 2.92. The fourth-order valence-corrected chi connectivity index (χ4v) is 3.44. The Bertz CT molecular complexity index is 1020. The molecule has 3 aromatic rings. The lowest BCUT2D eigenvalue weighted by Gasteiger charge is -2.13. The molecule has 0 spiro atoms. The van der Waals surface area contributed by atoms with E-state index in [2.05, 4.69) is 43.4 Å². The molecule has 30 heavy (non-hydrogen) atoms. The van der Waals surface area contributed by atoms with Gasteiger partial charge in [-0.05, 0) is 47.6 Å². The van der Waals surface area contributed by atoms with Crippen molar-refractivity contribution in [2.45, 2.75) is 46.1 Å². The van der Waals surface area contributed by atoms with Crippen molar-refractivity contribution in [2.75, 3.05) is 6.54 Å². The lowest BCUT2D eigenvalue weighted by atomic mass is 10.0. The van der Waals surface area contributed by atoms with Gasteiger partial charge in [0.05, 0.1) is 0 Å². The summed E-state index contributed by atoms with van der Waals surface area (Å²) in [6.45, 7) is 5.32. The highest BCUT2D eigenvalue weighted by atomic mass is 16.2. The SMILES string of the molecule is CCCCn1cc(-c2ccc(CC)cc2)cc(C(=O)NCCc2ccccc2)c1=O. The van der Waals surface area contributed by atoms with Gasteiger partial charge in [-0.1, -0.05) is 74.9 Å². The summed E-state index contributed by atoms with van der Waals surface area (Å²) in [5.74, 6) is -0.312. The predicted octanol–water partition coefficient (Wildman–Crippen LogP) is 4.85. The van der Waals surface area contributed by atoms with E-state index in [9.17, 15) is 9.59 Å². The lowest BCUT2D eigenvalue weighted by molar-refractivity contribution is 0.0952. The minimum atomic E-state index is -0.312. The number of hydrogen-bond acceptors (Lipinski definition) is 2. The first-order chi connectivity index (χ1) is 14.6. The maximum atomic E-state index is 12.9. The Morgan fingerprint density at radius 1 is 0.933 bits per heavy atom. The van der Waals surface area contributed by atoms with E-state index in [1.165, 1.54) is 5.56 Å². The molecular weight excluding hydrogens is 372 g/mol. The largest absolute Gasteiger partial charge is 0.352 e. The molecule has 1 aromatic heterocycles. The molecule has 0 aliphatic rings. The first-order valence-corrected chi connectivity index (χ1v) is 10.8. The van der Waals surface area contributed by atoms with Gasteiger partial charge >= 0.3 is 0 Å². The zero-order valence-electron chi connectivity index (χ0n) is 17.9. The van der Waals surface area contributed by atoms with Crippen LogP contribution in [0.2, 0.25) is 0 Å². The number of rotatable bonds is 9. The zero-order chi connectivity index (χ0) is 21.3. The van der Waals surface area contributed by atoms with Crippen LogP contribution in [0, 0.1) is 0 Å². The highest BCUT2D eigenvalue weighted by Gasteiger charge is 2.15. The van der Waals surface area contributed by atoms with Crippen LogP contribution in [0.5, 0.6) is 0 Å². The second kappa shape index (κ2) is 10.6. The Hall–Kier alpha value is -3.14. The Labute approximate surface area is 178 Å². The van der Waals surface area contributed by atoms with Crippen LogP contribution in [0.15, 0.2) is 71.7 Å². The Kier molecular flexibility index (Phi) is 7.61. The standard InChI is InChI=1S/C26H30N2O2/c1-3-5-17-28-19-23(22-13-11-20(4-2)12-14-22)18-24(26(28)30)25(29)27-16-15-21-9-7-6-8-10-21/h6-14,18-19H,3-5,15-17H2,1-2H3,(H,27,29). The van der Waals surface area contributed by atoms with Gasteiger partial charge in [-0.15, -0.1) is 0 Å². The fourth-order valence-electron chi connectivity index (χ4n) is 3.44. The second-order valence-corrected chi connectivity index (χ2v) is 7.54. The summed E-state index contributed by atoms with van der Waals surface area (Å²) >= 11 is 0. The van der Waals surface area contributed by atoms with Crippen molar-refractivity contribution in [3.05, 3.63) is 93.9 Å². The van der Waals surface area contributed by atoms with Crippen LogP contribution in [0.4, 0.5) is 0 Å². The lowest BCUT2D eigenvalue weighted by Crippen LogP contribution is -2.34. The van der Waals surface area contributed by atoms with Crippen molar-refractivity contribution < 1.29 is 4.79 Å². The molecule has 0 saturated carbocycles. The van der Waals surface area contributed by atoms with Crippen LogP contribution in [0.25, 0.3) is 11.1 Å². The number of unbranched alkanes of at least 4 members (excludes halogenated alkanes) is 1. The van der Waals surface area contributed by atoms with Crippen LogP contribution in [0.1, 0.15) is 48.2 Å². The van der Waals surface area contributed by atoms with Gasteiger partial charge in [-0.3, -0.25) is 9.59 Å². The summed E-state index contributed by atoms with van der Waals surface area (Å²) in [6, 6.07) is 20.0. The van der Waals surface area contributed by atoms with Crippen molar-refractivity contribution in [3.8, 4) is 11.1 Å². The molecule has 1 N–H and O–H groups in total. The van der Waals surface area contributed by atoms with Gasteiger partial charge in [0, 0.05) is 19.3 Å². The van der Waals surface area contributed by atoms with E-state index in [0.717, 1.165) is 42.4 Å². The number of aromatic nitrogens is 1. The first-order valence-electron chi connectivity index (χ1n) is 10.8. The van der Waals surface area contributed by atoms with Crippen LogP contribution in [-0.4, -0.2) is 17.0 Å². The summed E-state index contributed by atoms with van der Waals surface area (Å²) < 4.78 is 1.68. The Morgan fingerprint density at radius 2 is 1.67 bits per heavy atom. The van der Waals surface area contributed by atoms with Crippen LogP contribution in [-0.2, 0) is 19.4 Å². The van der Waals surface area contributed by atoms with Crippen molar-refractivity contribution in [1.82, 2.24) is 9.88 Å². The molecule has 1 amide bonds. The van der Waals surface area contributed by atoms with E-state index in [0.29, 0.717) is 13.1 Å². The Morgan fingerprint density at radius 3 is 2.33 bits per heavy atom. The normalized spacial score (nSPS) is 10.7. The van der Waals surface area contributed by atoms with Crippen molar-refractivity contribution in [3.63, 3.8) is 0 Å². The van der Waals surface area contributed by atoms with Crippen molar-refractivity contribution >= 4 is 5.91 Å². The molecule has 0 radical (unpaired) electrons. The number of carbonyl (C=O) groups is 1. The summed E-state index contributed by atoms with van der Waals surface area (Å²) in [5.41, 5.74) is 4.29. The number of hydrogen-bond donors (Lipinski definition) is 1. The van der Waals surface area contributed by atoms with E-state index in [4.69, 9.17) is 0 Å². The minimum absolute atomic E-state index is 0.205. The smallest absolute Gasteiger partial charge is 0.263 e. The zero-order valence-corrected chi connectivity index (χ0v) is 17.9. The molecular formula is C26H30N2O2. The summed E-state index contributed by atoms with van der Waals surface area (Å²) in [6.07, 6.45) is 5.47. The van der Waals surface area contributed by atoms with E-state index < -0.39 is 0 Å². The van der Waals surface area contributed by atoms with Gasteiger partial charge in [0.1, 0.15) is 5.56 Å². The summed E-state index contributed by atoms with van der Waals surface area (Å²) in [7, 11) is 0. The number of carbonyl (C=O) groups excluding carboxylic acids is 1. The predicted molar refractivity (Wildman–Crippen MR) is 123 cm³/mol. The van der Waals surface area contributed by atoms with Crippen molar-refractivity contribution in [1.29, 1.82) is 0 Å².